The zero-order chi connectivity index (χ0) is 13.2. The Kier molecular flexibility index (Phi) is 4.20. The van der Waals surface area contributed by atoms with Crippen molar-refractivity contribution in [3.05, 3.63) is 17.0 Å². The Hall–Kier alpha value is -1.03. The van der Waals surface area contributed by atoms with Gasteiger partial charge in [0, 0.05) is 18.5 Å². The first-order valence-corrected chi connectivity index (χ1v) is 6.06. The van der Waals surface area contributed by atoms with E-state index in [-0.39, 0.29) is 5.91 Å². The van der Waals surface area contributed by atoms with Gasteiger partial charge in [-0.25, -0.2) is 0 Å². The lowest BCUT2D eigenvalue weighted by Crippen LogP contribution is -2.39. The lowest BCUT2D eigenvalue weighted by Gasteiger charge is -2.27. The number of amides is 1. The summed E-state index contributed by atoms with van der Waals surface area (Å²) in [6.45, 7) is 7.90. The number of rotatable bonds is 4. The Balaban J connectivity index is 2.80. The van der Waals surface area contributed by atoms with Crippen molar-refractivity contribution in [1.82, 2.24) is 10.1 Å². The van der Waals surface area contributed by atoms with E-state index in [4.69, 9.17) is 16.1 Å². The van der Waals surface area contributed by atoms with E-state index >= 15 is 0 Å². The molecule has 0 unspecified atom stereocenters. The first-order chi connectivity index (χ1) is 7.79. The van der Waals surface area contributed by atoms with Crippen molar-refractivity contribution < 1.29 is 9.32 Å². The number of hydrogen-bond donors (Lipinski definition) is 0. The van der Waals surface area contributed by atoms with E-state index < -0.39 is 5.41 Å². The van der Waals surface area contributed by atoms with Crippen LogP contribution in [0.15, 0.2) is 4.52 Å². The molecule has 4 nitrogen and oxygen atoms in total. The molecular formula is C12H19ClN2O2. The van der Waals surface area contributed by atoms with E-state index in [0.29, 0.717) is 12.4 Å². The van der Waals surface area contributed by atoms with Gasteiger partial charge in [0.25, 0.3) is 0 Å². The zero-order valence-corrected chi connectivity index (χ0v) is 11.8. The molecule has 0 spiro atoms. The Morgan fingerprint density at radius 2 is 2.06 bits per heavy atom. The van der Waals surface area contributed by atoms with Gasteiger partial charge < -0.3 is 9.42 Å². The molecule has 17 heavy (non-hydrogen) atoms. The van der Waals surface area contributed by atoms with E-state index in [2.05, 4.69) is 5.16 Å². The molecule has 1 amide bonds. The van der Waals surface area contributed by atoms with E-state index in [0.717, 1.165) is 17.0 Å². The normalized spacial score (nSPS) is 11.6. The van der Waals surface area contributed by atoms with Crippen LogP contribution in [0.5, 0.6) is 0 Å². The lowest BCUT2D eigenvalue weighted by atomic mass is 9.94. The molecule has 0 aliphatic heterocycles. The predicted molar refractivity (Wildman–Crippen MR) is 67.0 cm³/mol. The van der Waals surface area contributed by atoms with Gasteiger partial charge in [0.15, 0.2) is 0 Å². The number of carbonyl (C=O) groups is 1. The van der Waals surface area contributed by atoms with Crippen molar-refractivity contribution >= 4 is 17.5 Å². The summed E-state index contributed by atoms with van der Waals surface area (Å²) in [6.07, 6.45) is 0. The number of hydrogen-bond acceptors (Lipinski definition) is 3. The average Bonchev–Trinajstić information content (AvgIpc) is 2.59. The number of aryl methyl sites for hydroxylation is 2. The maximum Gasteiger partial charge on any atom is 0.229 e. The maximum atomic E-state index is 12.1. The molecule has 1 rings (SSSR count). The summed E-state index contributed by atoms with van der Waals surface area (Å²) in [5, 5.41) is 3.87. The fourth-order valence-corrected chi connectivity index (χ4v) is 1.72. The number of carbonyl (C=O) groups excluding carboxylic acids is 1. The Bertz CT molecular complexity index is 393. The highest BCUT2D eigenvalue weighted by molar-refractivity contribution is 6.19. The van der Waals surface area contributed by atoms with E-state index in [1.165, 1.54) is 0 Å². The van der Waals surface area contributed by atoms with Crippen LogP contribution < -0.4 is 0 Å². The van der Waals surface area contributed by atoms with E-state index in [1.54, 1.807) is 11.9 Å². The summed E-state index contributed by atoms with van der Waals surface area (Å²) in [5.74, 6) is 1.08. The Morgan fingerprint density at radius 3 is 2.47 bits per heavy atom. The minimum absolute atomic E-state index is 0.0208. The van der Waals surface area contributed by atoms with Crippen LogP contribution in [0.4, 0.5) is 0 Å². The van der Waals surface area contributed by atoms with Crippen molar-refractivity contribution in [3.63, 3.8) is 0 Å². The standard InChI is InChI=1S/C12H19ClN2O2/c1-8-10(9(2)17-14-8)6-15(5)11(16)12(3,4)7-13/h6-7H2,1-5H3. The lowest BCUT2D eigenvalue weighted by molar-refractivity contribution is -0.138. The van der Waals surface area contributed by atoms with Gasteiger partial charge in [-0.3, -0.25) is 4.79 Å². The van der Waals surface area contributed by atoms with Crippen molar-refractivity contribution in [2.45, 2.75) is 34.2 Å². The van der Waals surface area contributed by atoms with Crippen LogP contribution in [0.1, 0.15) is 30.9 Å². The highest BCUT2D eigenvalue weighted by atomic mass is 35.5. The summed E-state index contributed by atoms with van der Waals surface area (Å²) >= 11 is 5.80. The minimum atomic E-state index is -0.546. The second-order valence-corrected chi connectivity index (χ2v) is 5.25. The monoisotopic (exact) mass is 258 g/mol. The summed E-state index contributed by atoms with van der Waals surface area (Å²) in [4.78, 5) is 13.8. The molecule has 0 saturated heterocycles. The summed E-state index contributed by atoms with van der Waals surface area (Å²) in [6, 6.07) is 0. The van der Waals surface area contributed by atoms with Gasteiger partial charge in [-0.05, 0) is 27.7 Å². The van der Waals surface area contributed by atoms with Crippen LogP contribution in [0.2, 0.25) is 0 Å². The van der Waals surface area contributed by atoms with E-state index in [1.807, 2.05) is 27.7 Å². The first-order valence-electron chi connectivity index (χ1n) is 5.53. The quantitative estimate of drug-likeness (QED) is 0.780. The van der Waals surface area contributed by atoms with Gasteiger partial charge in [0.2, 0.25) is 5.91 Å². The highest BCUT2D eigenvalue weighted by Gasteiger charge is 2.30. The largest absolute Gasteiger partial charge is 0.361 e. The van der Waals surface area contributed by atoms with Crippen LogP contribution in [0.3, 0.4) is 0 Å². The third-order valence-corrected chi connectivity index (χ3v) is 3.50. The van der Waals surface area contributed by atoms with Crippen molar-refractivity contribution in [2.24, 2.45) is 5.41 Å². The third kappa shape index (κ3) is 3.00. The molecule has 1 aromatic heterocycles. The van der Waals surface area contributed by atoms with Gasteiger partial charge in [0.05, 0.1) is 17.7 Å². The molecule has 0 aromatic carbocycles. The summed E-state index contributed by atoms with van der Waals surface area (Å²) in [5.41, 5.74) is 1.24. The molecule has 0 aliphatic rings. The Morgan fingerprint density at radius 1 is 1.47 bits per heavy atom. The summed E-state index contributed by atoms with van der Waals surface area (Å²) in [7, 11) is 1.77. The van der Waals surface area contributed by atoms with Crippen LogP contribution in [-0.4, -0.2) is 28.9 Å². The van der Waals surface area contributed by atoms with Crippen LogP contribution in [0.25, 0.3) is 0 Å². The molecular weight excluding hydrogens is 240 g/mol. The fraction of sp³-hybridized carbons (Fsp3) is 0.667. The first kappa shape index (κ1) is 14.0. The van der Waals surface area contributed by atoms with E-state index in [9.17, 15) is 4.79 Å². The molecule has 5 heteroatoms. The van der Waals surface area contributed by atoms with Gasteiger partial charge >= 0.3 is 0 Å². The molecule has 0 N–H and O–H groups in total. The van der Waals surface area contributed by atoms with Crippen LogP contribution in [-0.2, 0) is 11.3 Å². The molecule has 0 bridgehead atoms. The van der Waals surface area contributed by atoms with Crippen LogP contribution >= 0.6 is 11.6 Å². The fourth-order valence-electron chi connectivity index (χ4n) is 1.61. The number of aromatic nitrogens is 1. The Labute approximate surface area is 107 Å². The number of halogens is 1. The highest BCUT2D eigenvalue weighted by Crippen LogP contribution is 2.22. The zero-order valence-electron chi connectivity index (χ0n) is 11.0. The number of alkyl halides is 1. The van der Waals surface area contributed by atoms with Gasteiger partial charge in [-0.2, -0.15) is 0 Å². The second kappa shape index (κ2) is 5.08. The maximum absolute atomic E-state index is 12.1. The molecule has 0 saturated carbocycles. The molecule has 0 radical (unpaired) electrons. The third-order valence-electron chi connectivity index (χ3n) is 2.84. The van der Waals surface area contributed by atoms with Crippen molar-refractivity contribution in [3.8, 4) is 0 Å². The average molecular weight is 259 g/mol. The smallest absolute Gasteiger partial charge is 0.229 e. The van der Waals surface area contributed by atoms with Crippen molar-refractivity contribution in [2.75, 3.05) is 12.9 Å². The van der Waals surface area contributed by atoms with Gasteiger partial charge in [-0.15, -0.1) is 11.6 Å². The molecule has 0 atom stereocenters. The molecule has 1 heterocycles. The second-order valence-electron chi connectivity index (χ2n) is 4.98. The molecule has 0 aliphatic carbocycles. The molecule has 0 fully saturated rings. The SMILES string of the molecule is Cc1noc(C)c1CN(C)C(=O)C(C)(C)CCl. The van der Waals surface area contributed by atoms with Crippen LogP contribution in [0, 0.1) is 19.3 Å². The molecule has 96 valence electrons. The summed E-state index contributed by atoms with van der Waals surface area (Å²) < 4.78 is 5.07. The number of nitrogens with zero attached hydrogens (tertiary/aromatic N) is 2. The van der Waals surface area contributed by atoms with Gasteiger partial charge in [-0.1, -0.05) is 5.16 Å². The minimum Gasteiger partial charge on any atom is -0.361 e. The predicted octanol–water partition coefficient (Wildman–Crippen LogP) is 2.51. The van der Waals surface area contributed by atoms with Gasteiger partial charge in [0.1, 0.15) is 5.76 Å². The molecule has 1 aromatic rings. The topological polar surface area (TPSA) is 46.3 Å². The van der Waals surface area contributed by atoms with Crippen molar-refractivity contribution in [1.29, 1.82) is 0 Å².